The average Bonchev–Trinajstić information content (AvgIpc) is 2.80. The van der Waals surface area contributed by atoms with Crippen LogP contribution in [0.5, 0.6) is 0 Å². The van der Waals surface area contributed by atoms with Crippen LogP contribution in [0.1, 0.15) is 40.0 Å². The smallest absolute Gasteiger partial charge is 0.163 e. The lowest BCUT2D eigenvalue weighted by molar-refractivity contribution is -0.317. The third-order valence-corrected chi connectivity index (χ3v) is 3.20. The van der Waals surface area contributed by atoms with Crippen LogP contribution in [0.15, 0.2) is 0 Å². The van der Waals surface area contributed by atoms with Crippen LogP contribution in [0.2, 0.25) is 0 Å². The second-order valence-corrected chi connectivity index (χ2v) is 5.21. The Labute approximate surface area is 85.4 Å². The molecule has 1 aliphatic carbocycles. The minimum atomic E-state index is -0.483. The molecule has 1 saturated heterocycles. The molecular formula is C11H20O3. The summed E-state index contributed by atoms with van der Waals surface area (Å²) in [5, 5.41) is 9.13. The fourth-order valence-corrected chi connectivity index (χ4v) is 2.24. The van der Waals surface area contributed by atoms with E-state index in [1.807, 2.05) is 20.8 Å². The number of hydrogen-bond acceptors (Lipinski definition) is 3. The lowest BCUT2D eigenvalue weighted by atomic mass is 9.96. The van der Waals surface area contributed by atoms with Gasteiger partial charge in [0.2, 0.25) is 0 Å². The molecule has 0 unspecified atom stereocenters. The summed E-state index contributed by atoms with van der Waals surface area (Å²) in [5.41, 5.74) is 0.0792. The van der Waals surface area contributed by atoms with Crippen LogP contribution in [-0.4, -0.2) is 29.2 Å². The van der Waals surface area contributed by atoms with Crippen molar-refractivity contribution in [1.82, 2.24) is 0 Å². The molecule has 0 aromatic rings. The van der Waals surface area contributed by atoms with Gasteiger partial charge in [0.05, 0.1) is 11.7 Å². The van der Waals surface area contributed by atoms with Gasteiger partial charge in [0, 0.05) is 18.9 Å². The first-order valence-electron chi connectivity index (χ1n) is 5.45. The first-order chi connectivity index (χ1) is 6.46. The lowest BCUT2D eigenvalue weighted by Gasteiger charge is -2.43. The molecule has 2 atom stereocenters. The molecule has 3 nitrogen and oxygen atoms in total. The summed E-state index contributed by atoms with van der Waals surface area (Å²) < 4.78 is 11.7. The molecule has 2 aliphatic rings. The van der Waals surface area contributed by atoms with Crippen LogP contribution in [0.4, 0.5) is 0 Å². The molecule has 0 aromatic carbocycles. The molecule has 82 valence electrons. The second-order valence-electron chi connectivity index (χ2n) is 5.21. The normalized spacial score (nSPS) is 35.6. The Morgan fingerprint density at radius 2 is 2.07 bits per heavy atom. The summed E-state index contributed by atoms with van der Waals surface area (Å²) in [6.07, 6.45) is 3.38. The molecule has 1 spiro atoms. The van der Waals surface area contributed by atoms with Gasteiger partial charge in [-0.1, -0.05) is 6.92 Å². The standard InChI is InChI=1S/C11H20O3/c1-8(7-12)9-6-11(4-5-11)14-10(2,3)13-9/h8-9,12H,4-7H2,1-3H3/t8-,9+/m1/s1. The maximum absolute atomic E-state index is 9.13. The highest BCUT2D eigenvalue weighted by molar-refractivity contribution is 5.01. The minimum Gasteiger partial charge on any atom is -0.396 e. The van der Waals surface area contributed by atoms with Crippen LogP contribution in [0.3, 0.4) is 0 Å². The Morgan fingerprint density at radius 3 is 2.57 bits per heavy atom. The molecule has 0 radical (unpaired) electrons. The number of hydrogen-bond donors (Lipinski definition) is 1. The van der Waals surface area contributed by atoms with E-state index in [4.69, 9.17) is 14.6 Å². The molecule has 1 heterocycles. The van der Waals surface area contributed by atoms with Crippen molar-refractivity contribution in [3.05, 3.63) is 0 Å². The van der Waals surface area contributed by atoms with E-state index < -0.39 is 5.79 Å². The average molecular weight is 200 g/mol. The fourth-order valence-electron chi connectivity index (χ4n) is 2.24. The largest absolute Gasteiger partial charge is 0.396 e. The maximum atomic E-state index is 9.13. The van der Waals surface area contributed by atoms with E-state index >= 15 is 0 Å². The molecule has 2 rings (SSSR count). The Bertz CT molecular complexity index is 215. The maximum Gasteiger partial charge on any atom is 0.163 e. The van der Waals surface area contributed by atoms with E-state index in [-0.39, 0.29) is 24.2 Å². The van der Waals surface area contributed by atoms with Gasteiger partial charge in [-0.2, -0.15) is 0 Å². The molecule has 1 saturated carbocycles. The molecule has 0 amide bonds. The first kappa shape index (κ1) is 10.4. The molecule has 0 aromatic heterocycles. The van der Waals surface area contributed by atoms with Gasteiger partial charge in [-0.25, -0.2) is 0 Å². The summed E-state index contributed by atoms with van der Waals surface area (Å²) in [7, 11) is 0. The number of aliphatic hydroxyl groups excluding tert-OH is 1. The zero-order chi connectivity index (χ0) is 10.4. The molecule has 1 N–H and O–H groups in total. The van der Waals surface area contributed by atoms with E-state index in [0.717, 1.165) is 19.3 Å². The van der Waals surface area contributed by atoms with Crippen molar-refractivity contribution in [2.75, 3.05) is 6.61 Å². The quantitative estimate of drug-likeness (QED) is 0.737. The van der Waals surface area contributed by atoms with Crippen LogP contribution in [-0.2, 0) is 9.47 Å². The lowest BCUT2D eigenvalue weighted by Crippen LogP contribution is -2.48. The van der Waals surface area contributed by atoms with Gasteiger partial charge >= 0.3 is 0 Å². The predicted molar refractivity (Wildman–Crippen MR) is 52.9 cm³/mol. The third-order valence-electron chi connectivity index (χ3n) is 3.20. The van der Waals surface area contributed by atoms with Crippen molar-refractivity contribution in [1.29, 1.82) is 0 Å². The van der Waals surface area contributed by atoms with Crippen molar-refractivity contribution in [3.8, 4) is 0 Å². The first-order valence-corrected chi connectivity index (χ1v) is 5.45. The number of ether oxygens (including phenoxy) is 2. The Hall–Kier alpha value is -0.120. The molecule has 0 bridgehead atoms. The van der Waals surface area contributed by atoms with Gasteiger partial charge in [0.15, 0.2) is 5.79 Å². The van der Waals surface area contributed by atoms with Gasteiger partial charge in [-0.3, -0.25) is 0 Å². The van der Waals surface area contributed by atoms with Gasteiger partial charge in [-0.05, 0) is 26.7 Å². The van der Waals surface area contributed by atoms with Crippen molar-refractivity contribution in [3.63, 3.8) is 0 Å². The highest BCUT2D eigenvalue weighted by Crippen LogP contribution is 2.51. The van der Waals surface area contributed by atoms with Crippen LogP contribution < -0.4 is 0 Å². The van der Waals surface area contributed by atoms with E-state index in [1.54, 1.807) is 0 Å². The van der Waals surface area contributed by atoms with E-state index in [9.17, 15) is 0 Å². The van der Waals surface area contributed by atoms with Gasteiger partial charge in [0.25, 0.3) is 0 Å². The van der Waals surface area contributed by atoms with E-state index in [1.165, 1.54) is 0 Å². The summed E-state index contributed by atoms with van der Waals surface area (Å²) in [6.45, 7) is 6.14. The van der Waals surface area contributed by atoms with Gasteiger partial charge < -0.3 is 14.6 Å². The SMILES string of the molecule is C[C@H](CO)[C@@H]1CC2(CC2)OC(C)(C)O1. The summed E-state index contributed by atoms with van der Waals surface area (Å²) in [4.78, 5) is 0. The molecular weight excluding hydrogens is 180 g/mol. The van der Waals surface area contributed by atoms with Crippen molar-refractivity contribution >= 4 is 0 Å². The summed E-state index contributed by atoms with van der Waals surface area (Å²) >= 11 is 0. The predicted octanol–water partition coefficient (Wildman–Crippen LogP) is 1.69. The molecule has 1 aliphatic heterocycles. The van der Waals surface area contributed by atoms with Crippen molar-refractivity contribution in [2.45, 2.75) is 57.5 Å². The van der Waals surface area contributed by atoms with Gasteiger partial charge in [0.1, 0.15) is 0 Å². The monoisotopic (exact) mass is 200 g/mol. The van der Waals surface area contributed by atoms with Crippen LogP contribution in [0, 0.1) is 5.92 Å². The van der Waals surface area contributed by atoms with E-state index in [0.29, 0.717) is 0 Å². The second kappa shape index (κ2) is 3.19. The number of rotatable bonds is 2. The molecule has 2 fully saturated rings. The van der Waals surface area contributed by atoms with E-state index in [2.05, 4.69) is 0 Å². The Kier molecular flexibility index (Phi) is 2.37. The number of aliphatic hydroxyl groups is 1. The van der Waals surface area contributed by atoms with Crippen LogP contribution >= 0.6 is 0 Å². The van der Waals surface area contributed by atoms with Crippen LogP contribution in [0.25, 0.3) is 0 Å². The fraction of sp³-hybridized carbons (Fsp3) is 1.00. The van der Waals surface area contributed by atoms with Crippen molar-refractivity contribution in [2.24, 2.45) is 5.92 Å². The third kappa shape index (κ3) is 1.95. The topological polar surface area (TPSA) is 38.7 Å². The summed E-state index contributed by atoms with van der Waals surface area (Å²) in [6, 6.07) is 0. The highest BCUT2D eigenvalue weighted by Gasteiger charge is 2.54. The summed E-state index contributed by atoms with van der Waals surface area (Å²) in [5.74, 6) is -0.279. The zero-order valence-corrected chi connectivity index (χ0v) is 9.25. The van der Waals surface area contributed by atoms with Crippen molar-refractivity contribution < 1.29 is 14.6 Å². The molecule has 3 heteroatoms. The van der Waals surface area contributed by atoms with Gasteiger partial charge in [-0.15, -0.1) is 0 Å². The molecule has 14 heavy (non-hydrogen) atoms. The Balaban J connectivity index is 2.05. The zero-order valence-electron chi connectivity index (χ0n) is 9.25. The Morgan fingerprint density at radius 1 is 1.43 bits per heavy atom. The highest BCUT2D eigenvalue weighted by atomic mass is 16.7. The minimum absolute atomic E-state index is 0.0792.